The predicted octanol–water partition coefficient (Wildman–Crippen LogP) is 3.36. The third kappa shape index (κ3) is 4.26. The van der Waals surface area contributed by atoms with Crippen molar-refractivity contribution in [1.82, 2.24) is 0 Å². The molecular formula is C13H15ClO2Si. The van der Waals surface area contributed by atoms with Gasteiger partial charge in [0.25, 0.3) is 0 Å². The molecule has 1 rings (SSSR count). The van der Waals surface area contributed by atoms with Crippen LogP contribution in [0.3, 0.4) is 0 Å². The number of benzene rings is 1. The standard InChI is InChI=1S/C13H15ClO2Si/c1-16-13(15)11-5-6-12(14)10(9-11)7-8-17(2,3)4/h5-6,9H,1-4H3. The minimum Gasteiger partial charge on any atom is -0.465 e. The first-order valence-corrected chi connectivity index (χ1v) is 9.12. The summed E-state index contributed by atoms with van der Waals surface area (Å²) in [4.78, 5) is 11.4. The lowest BCUT2D eigenvalue weighted by Crippen LogP contribution is -2.16. The molecule has 0 spiro atoms. The third-order valence-electron chi connectivity index (χ3n) is 1.96. The molecule has 90 valence electrons. The Balaban J connectivity index is 3.14. The molecule has 1 aromatic rings. The van der Waals surface area contributed by atoms with E-state index in [1.807, 2.05) is 0 Å². The van der Waals surface area contributed by atoms with Gasteiger partial charge in [-0.05, 0) is 18.2 Å². The van der Waals surface area contributed by atoms with Gasteiger partial charge < -0.3 is 4.74 Å². The van der Waals surface area contributed by atoms with Crippen LogP contribution in [0.25, 0.3) is 0 Å². The van der Waals surface area contributed by atoms with Crippen molar-refractivity contribution >= 4 is 25.6 Å². The molecule has 0 bridgehead atoms. The van der Waals surface area contributed by atoms with E-state index in [4.69, 9.17) is 11.6 Å². The molecule has 0 heterocycles. The van der Waals surface area contributed by atoms with E-state index in [0.29, 0.717) is 16.1 Å². The molecule has 0 aliphatic carbocycles. The first-order valence-electron chi connectivity index (χ1n) is 5.24. The van der Waals surface area contributed by atoms with Gasteiger partial charge in [-0.3, -0.25) is 0 Å². The van der Waals surface area contributed by atoms with E-state index in [1.165, 1.54) is 7.11 Å². The zero-order valence-corrected chi connectivity index (χ0v) is 12.2. The quantitative estimate of drug-likeness (QED) is 0.443. The van der Waals surface area contributed by atoms with Crippen molar-refractivity contribution in [3.8, 4) is 11.5 Å². The summed E-state index contributed by atoms with van der Waals surface area (Å²) in [5.74, 6) is 2.67. The summed E-state index contributed by atoms with van der Waals surface area (Å²) in [6.07, 6.45) is 0. The van der Waals surface area contributed by atoms with Gasteiger partial charge in [0, 0.05) is 5.56 Å². The summed E-state index contributed by atoms with van der Waals surface area (Å²) < 4.78 is 4.66. The third-order valence-corrected chi connectivity index (χ3v) is 3.16. The number of ether oxygens (including phenoxy) is 1. The Morgan fingerprint density at radius 1 is 1.35 bits per heavy atom. The first-order chi connectivity index (χ1) is 7.83. The van der Waals surface area contributed by atoms with Crippen molar-refractivity contribution in [2.45, 2.75) is 19.6 Å². The number of esters is 1. The Kier molecular flexibility index (Phi) is 4.38. The minimum absolute atomic E-state index is 0.377. The predicted molar refractivity (Wildman–Crippen MR) is 73.0 cm³/mol. The highest BCUT2D eigenvalue weighted by atomic mass is 35.5. The SMILES string of the molecule is COC(=O)c1ccc(Cl)c(C#C[Si](C)(C)C)c1. The molecule has 0 N–H and O–H groups in total. The van der Waals surface area contributed by atoms with Gasteiger partial charge in [0.2, 0.25) is 0 Å². The molecular weight excluding hydrogens is 252 g/mol. The van der Waals surface area contributed by atoms with Gasteiger partial charge in [0.1, 0.15) is 8.07 Å². The second kappa shape index (κ2) is 5.39. The number of rotatable bonds is 1. The molecule has 0 saturated carbocycles. The molecule has 0 atom stereocenters. The number of carbonyl (C=O) groups is 1. The van der Waals surface area contributed by atoms with E-state index in [-0.39, 0.29) is 5.97 Å². The van der Waals surface area contributed by atoms with Crippen LogP contribution < -0.4 is 0 Å². The van der Waals surface area contributed by atoms with Gasteiger partial charge in [-0.15, -0.1) is 5.54 Å². The number of halogens is 1. The van der Waals surface area contributed by atoms with Crippen LogP contribution in [-0.2, 0) is 4.74 Å². The average molecular weight is 267 g/mol. The number of hydrogen-bond donors (Lipinski definition) is 0. The molecule has 0 aromatic heterocycles. The highest BCUT2D eigenvalue weighted by molar-refractivity contribution is 6.83. The van der Waals surface area contributed by atoms with E-state index < -0.39 is 8.07 Å². The van der Waals surface area contributed by atoms with Crippen molar-refractivity contribution in [3.05, 3.63) is 34.3 Å². The summed E-state index contributed by atoms with van der Waals surface area (Å²) in [7, 11) is -0.100. The monoisotopic (exact) mass is 266 g/mol. The summed E-state index contributed by atoms with van der Waals surface area (Å²) in [5, 5.41) is 0.559. The Morgan fingerprint density at radius 2 is 2.00 bits per heavy atom. The zero-order valence-electron chi connectivity index (χ0n) is 10.4. The maximum absolute atomic E-state index is 11.4. The summed E-state index contributed by atoms with van der Waals surface area (Å²) in [6, 6.07) is 4.97. The Bertz CT molecular complexity index is 492. The highest BCUT2D eigenvalue weighted by Gasteiger charge is 2.10. The van der Waals surface area contributed by atoms with Crippen molar-refractivity contribution in [3.63, 3.8) is 0 Å². The molecule has 4 heteroatoms. The van der Waals surface area contributed by atoms with Crippen LogP contribution in [0.1, 0.15) is 15.9 Å². The lowest BCUT2D eigenvalue weighted by molar-refractivity contribution is 0.0600. The molecule has 0 aliphatic heterocycles. The van der Waals surface area contributed by atoms with Crippen LogP contribution >= 0.6 is 11.6 Å². The van der Waals surface area contributed by atoms with E-state index in [2.05, 4.69) is 35.8 Å². The normalized spacial score (nSPS) is 10.4. The molecule has 0 unspecified atom stereocenters. The average Bonchev–Trinajstić information content (AvgIpc) is 2.26. The molecule has 0 radical (unpaired) electrons. The first kappa shape index (κ1) is 13.8. The fourth-order valence-electron chi connectivity index (χ4n) is 1.12. The second-order valence-electron chi connectivity index (χ2n) is 4.69. The summed E-state index contributed by atoms with van der Waals surface area (Å²) in [6.45, 7) is 6.45. The summed E-state index contributed by atoms with van der Waals surface area (Å²) >= 11 is 6.03. The second-order valence-corrected chi connectivity index (χ2v) is 9.84. The van der Waals surface area contributed by atoms with Gasteiger partial charge in [-0.1, -0.05) is 37.2 Å². The van der Waals surface area contributed by atoms with Crippen molar-refractivity contribution < 1.29 is 9.53 Å². The lowest BCUT2D eigenvalue weighted by atomic mass is 10.1. The number of hydrogen-bond acceptors (Lipinski definition) is 2. The Hall–Kier alpha value is -1.24. The Morgan fingerprint density at radius 3 is 2.53 bits per heavy atom. The van der Waals surface area contributed by atoms with Crippen LogP contribution in [0.4, 0.5) is 0 Å². The van der Waals surface area contributed by atoms with E-state index in [0.717, 1.165) is 0 Å². The smallest absolute Gasteiger partial charge is 0.337 e. The van der Waals surface area contributed by atoms with Crippen LogP contribution in [0.5, 0.6) is 0 Å². The van der Waals surface area contributed by atoms with Gasteiger partial charge in [-0.25, -0.2) is 4.79 Å². The van der Waals surface area contributed by atoms with Crippen LogP contribution in [0.2, 0.25) is 24.7 Å². The molecule has 1 aromatic carbocycles. The Labute approximate surface area is 108 Å². The van der Waals surface area contributed by atoms with Crippen molar-refractivity contribution in [2.24, 2.45) is 0 Å². The van der Waals surface area contributed by atoms with Crippen LogP contribution in [0.15, 0.2) is 18.2 Å². The maximum Gasteiger partial charge on any atom is 0.337 e. The molecule has 17 heavy (non-hydrogen) atoms. The van der Waals surface area contributed by atoms with Gasteiger partial charge in [0.05, 0.1) is 17.7 Å². The maximum atomic E-state index is 11.4. The van der Waals surface area contributed by atoms with Gasteiger partial charge in [0.15, 0.2) is 0 Å². The number of carbonyl (C=O) groups excluding carboxylic acids is 1. The highest BCUT2D eigenvalue weighted by Crippen LogP contribution is 2.17. The number of methoxy groups -OCH3 is 1. The lowest BCUT2D eigenvalue weighted by Gasteiger charge is -2.05. The fourth-order valence-corrected chi connectivity index (χ4v) is 1.80. The van der Waals surface area contributed by atoms with E-state index in [9.17, 15) is 4.79 Å². The van der Waals surface area contributed by atoms with Crippen LogP contribution in [-0.4, -0.2) is 21.2 Å². The van der Waals surface area contributed by atoms with Gasteiger partial charge in [-0.2, -0.15) is 0 Å². The topological polar surface area (TPSA) is 26.3 Å². The fraction of sp³-hybridized carbons (Fsp3) is 0.308. The molecule has 0 amide bonds. The molecule has 0 fully saturated rings. The molecule has 2 nitrogen and oxygen atoms in total. The largest absolute Gasteiger partial charge is 0.465 e. The van der Waals surface area contributed by atoms with E-state index in [1.54, 1.807) is 18.2 Å². The van der Waals surface area contributed by atoms with Crippen LogP contribution in [0, 0.1) is 11.5 Å². The van der Waals surface area contributed by atoms with Crippen molar-refractivity contribution in [1.29, 1.82) is 0 Å². The zero-order chi connectivity index (χ0) is 13.1. The van der Waals surface area contributed by atoms with E-state index >= 15 is 0 Å². The van der Waals surface area contributed by atoms with Gasteiger partial charge >= 0.3 is 5.97 Å². The van der Waals surface area contributed by atoms with Crippen molar-refractivity contribution in [2.75, 3.05) is 7.11 Å². The molecule has 0 saturated heterocycles. The molecule has 0 aliphatic rings. The minimum atomic E-state index is -1.45. The summed E-state index contributed by atoms with van der Waals surface area (Å²) in [5.41, 5.74) is 4.36.